The van der Waals surface area contributed by atoms with E-state index in [1.54, 1.807) is 0 Å². The molecule has 0 radical (unpaired) electrons. The first-order valence-corrected chi connectivity index (χ1v) is 7.62. The molecule has 104 valence electrons. The van der Waals surface area contributed by atoms with Crippen molar-refractivity contribution in [3.05, 3.63) is 34.3 Å². The largest absolute Gasteiger partial charge is 0.342 e. The molecule has 0 spiro atoms. The molecule has 0 unspecified atom stereocenters. The summed E-state index contributed by atoms with van der Waals surface area (Å²) in [6, 6.07) is 8.57. The predicted octanol–water partition coefficient (Wildman–Crippen LogP) is 2.72. The van der Waals surface area contributed by atoms with Gasteiger partial charge in [-0.25, -0.2) is 0 Å². The molecule has 2 N–H and O–H groups in total. The van der Waals surface area contributed by atoms with Crippen LogP contribution in [0.2, 0.25) is 0 Å². The summed E-state index contributed by atoms with van der Waals surface area (Å²) >= 11 is 3.49. The van der Waals surface area contributed by atoms with Crippen molar-refractivity contribution in [3.8, 4) is 0 Å². The Morgan fingerprint density at radius 1 is 1.32 bits per heavy atom. The zero-order chi connectivity index (χ0) is 13.8. The predicted molar refractivity (Wildman–Crippen MR) is 80.8 cm³/mol. The van der Waals surface area contributed by atoms with E-state index < -0.39 is 0 Å². The summed E-state index contributed by atoms with van der Waals surface area (Å²) < 4.78 is 1.00. The number of benzene rings is 1. The van der Waals surface area contributed by atoms with Gasteiger partial charge >= 0.3 is 0 Å². The molecule has 0 atom stereocenters. The van der Waals surface area contributed by atoms with Crippen LogP contribution >= 0.6 is 15.9 Å². The fraction of sp³-hybridized carbons (Fsp3) is 0.533. The van der Waals surface area contributed by atoms with Crippen LogP contribution in [0.1, 0.15) is 31.2 Å². The summed E-state index contributed by atoms with van der Waals surface area (Å²) in [7, 11) is 1.92. The zero-order valence-electron chi connectivity index (χ0n) is 11.3. The van der Waals surface area contributed by atoms with Crippen molar-refractivity contribution >= 4 is 21.8 Å². The van der Waals surface area contributed by atoms with Crippen LogP contribution < -0.4 is 5.73 Å². The Morgan fingerprint density at radius 2 is 1.95 bits per heavy atom. The Labute approximate surface area is 123 Å². The molecule has 2 rings (SSSR count). The lowest BCUT2D eigenvalue weighted by Crippen LogP contribution is -2.42. The van der Waals surface area contributed by atoms with Crippen molar-refractivity contribution in [3.63, 3.8) is 0 Å². The van der Waals surface area contributed by atoms with Gasteiger partial charge in [-0.1, -0.05) is 34.1 Å². The first kappa shape index (κ1) is 14.5. The Balaban J connectivity index is 1.94. The molecule has 1 aromatic carbocycles. The molecule has 0 aliphatic heterocycles. The molecule has 1 saturated carbocycles. The maximum absolute atomic E-state index is 12.3. The Kier molecular flexibility index (Phi) is 4.99. The SMILES string of the molecule is CN(C(=O)Cc1ccccc1Br)C1CCC(N)CC1. The first-order chi connectivity index (χ1) is 9.08. The van der Waals surface area contributed by atoms with Gasteiger partial charge in [-0.2, -0.15) is 0 Å². The van der Waals surface area contributed by atoms with E-state index in [-0.39, 0.29) is 5.91 Å². The molecule has 19 heavy (non-hydrogen) atoms. The number of amides is 1. The van der Waals surface area contributed by atoms with Crippen LogP contribution in [-0.2, 0) is 11.2 Å². The summed E-state index contributed by atoms with van der Waals surface area (Å²) in [6.45, 7) is 0. The monoisotopic (exact) mass is 324 g/mol. The van der Waals surface area contributed by atoms with Crippen molar-refractivity contribution in [2.75, 3.05) is 7.05 Å². The molecule has 0 aromatic heterocycles. The van der Waals surface area contributed by atoms with Crippen molar-refractivity contribution in [1.29, 1.82) is 0 Å². The minimum Gasteiger partial charge on any atom is -0.342 e. The third-order valence-electron chi connectivity index (χ3n) is 3.98. The minimum atomic E-state index is 0.187. The maximum atomic E-state index is 12.3. The standard InChI is InChI=1S/C15H21BrN2O/c1-18(13-8-6-12(17)7-9-13)15(19)10-11-4-2-3-5-14(11)16/h2-5,12-13H,6-10,17H2,1H3. The van der Waals surface area contributed by atoms with Crippen LogP contribution in [-0.4, -0.2) is 29.9 Å². The van der Waals surface area contributed by atoms with Gasteiger partial charge in [0.2, 0.25) is 5.91 Å². The smallest absolute Gasteiger partial charge is 0.227 e. The number of likely N-dealkylation sites (N-methyl/N-ethyl adjacent to an activating group) is 1. The molecule has 1 aliphatic rings. The van der Waals surface area contributed by atoms with E-state index in [2.05, 4.69) is 15.9 Å². The van der Waals surface area contributed by atoms with Crippen LogP contribution in [0, 0.1) is 0 Å². The Hall–Kier alpha value is -0.870. The maximum Gasteiger partial charge on any atom is 0.227 e. The van der Waals surface area contributed by atoms with Gasteiger partial charge in [0.1, 0.15) is 0 Å². The lowest BCUT2D eigenvalue weighted by Gasteiger charge is -2.33. The number of carbonyl (C=O) groups excluding carboxylic acids is 1. The summed E-state index contributed by atoms with van der Waals surface area (Å²) in [5.41, 5.74) is 6.96. The topological polar surface area (TPSA) is 46.3 Å². The van der Waals surface area contributed by atoms with Gasteiger partial charge in [0, 0.05) is 23.6 Å². The van der Waals surface area contributed by atoms with Gasteiger partial charge < -0.3 is 10.6 Å². The van der Waals surface area contributed by atoms with E-state index in [1.807, 2.05) is 36.2 Å². The molecule has 4 heteroatoms. The Morgan fingerprint density at radius 3 is 2.58 bits per heavy atom. The highest BCUT2D eigenvalue weighted by molar-refractivity contribution is 9.10. The third-order valence-corrected chi connectivity index (χ3v) is 4.76. The second-order valence-corrected chi connectivity index (χ2v) is 6.20. The quantitative estimate of drug-likeness (QED) is 0.929. The first-order valence-electron chi connectivity index (χ1n) is 6.82. The van der Waals surface area contributed by atoms with Crippen molar-refractivity contribution in [2.24, 2.45) is 5.73 Å². The molecule has 1 fully saturated rings. The van der Waals surface area contributed by atoms with Crippen molar-refractivity contribution in [2.45, 2.75) is 44.2 Å². The number of hydrogen-bond acceptors (Lipinski definition) is 2. The number of hydrogen-bond donors (Lipinski definition) is 1. The third kappa shape index (κ3) is 3.80. The molecule has 1 aromatic rings. The average Bonchev–Trinajstić information content (AvgIpc) is 2.41. The number of nitrogens with zero attached hydrogens (tertiary/aromatic N) is 1. The van der Waals surface area contributed by atoms with E-state index in [4.69, 9.17) is 5.73 Å². The number of halogens is 1. The molecule has 1 amide bonds. The van der Waals surface area contributed by atoms with E-state index in [1.165, 1.54) is 0 Å². The van der Waals surface area contributed by atoms with E-state index >= 15 is 0 Å². The fourth-order valence-electron chi connectivity index (χ4n) is 2.62. The van der Waals surface area contributed by atoms with Gasteiger partial charge in [-0.15, -0.1) is 0 Å². The second-order valence-electron chi connectivity index (χ2n) is 5.34. The lowest BCUT2D eigenvalue weighted by molar-refractivity contribution is -0.131. The highest BCUT2D eigenvalue weighted by Crippen LogP contribution is 2.23. The molecule has 1 aliphatic carbocycles. The van der Waals surface area contributed by atoms with Crippen molar-refractivity contribution in [1.82, 2.24) is 4.90 Å². The fourth-order valence-corrected chi connectivity index (χ4v) is 3.05. The summed E-state index contributed by atoms with van der Waals surface area (Å²) in [5, 5.41) is 0. The van der Waals surface area contributed by atoms with Crippen molar-refractivity contribution < 1.29 is 4.79 Å². The molecular weight excluding hydrogens is 304 g/mol. The lowest BCUT2D eigenvalue weighted by atomic mass is 9.91. The van der Waals surface area contributed by atoms with Crippen LogP contribution in [0.3, 0.4) is 0 Å². The van der Waals surface area contributed by atoms with Gasteiger partial charge in [0.15, 0.2) is 0 Å². The van der Waals surface area contributed by atoms with Gasteiger partial charge in [0.25, 0.3) is 0 Å². The molecule has 3 nitrogen and oxygen atoms in total. The molecule has 0 heterocycles. The Bertz CT molecular complexity index is 442. The van der Waals surface area contributed by atoms with Crippen LogP contribution in [0.25, 0.3) is 0 Å². The number of nitrogens with two attached hydrogens (primary N) is 1. The molecular formula is C15H21BrN2O. The van der Waals surface area contributed by atoms with Gasteiger partial charge in [0.05, 0.1) is 6.42 Å². The second kappa shape index (κ2) is 6.53. The van der Waals surface area contributed by atoms with Gasteiger partial charge in [-0.05, 0) is 37.3 Å². The van der Waals surface area contributed by atoms with Gasteiger partial charge in [-0.3, -0.25) is 4.79 Å². The number of carbonyl (C=O) groups is 1. The zero-order valence-corrected chi connectivity index (χ0v) is 12.9. The number of rotatable bonds is 3. The summed E-state index contributed by atoms with van der Waals surface area (Å²) in [6.07, 6.45) is 4.56. The van der Waals surface area contributed by atoms with E-state index in [9.17, 15) is 4.79 Å². The van der Waals surface area contributed by atoms with Crippen LogP contribution in [0.4, 0.5) is 0 Å². The van der Waals surface area contributed by atoms with E-state index in [0.29, 0.717) is 18.5 Å². The highest BCUT2D eigenvalue weighted by atomic mass is 79.9. The minimum absolute atomic E-state index is 0.187. The summed E-state index contributed by atoms with van der Waals surface area (Å²) in [5.74, 6) is 0.187. The normalized spacial score (nSPS) is 23.1. The van der Waals surface area contributed by atoms with Crippen LogP contribution in [0.15, 0.2) is 28.7 Å². The highest BCUT2D eigenvalue weighted by Gasteiger charge is 2.25. The molecule has 0 saturated heterocycles. The average molecular weight is 325 g/mol. The summed E-state index contributed by atoms with van der Waals surface area (Å²) in [4.78, 5) is 14.2. The van der Waals surface area contributed by atoms with E-state index in [0.717, 1.165) is 35.7 Å². The van der Waals surface area contributed by atoms with Crippen LogP contribution in [0.5, 0.6) is 0 Å². The molecule has 0 bridgehead atoms.